The third kappa shape index (κ3) is 4.42. The summed E-state index contributed by atoms with van der Waals surface area (Å²) in [5.74, 6) is -0.805. The SMILES string of the molecule is O=C(O)CC/C=C/c1ccc(C(=O)c2ccccc2)cc1. The van der Waals surface area contributed by atoms with Crippen LogP contribution >= 0.6 is 0 Å². The Kier molecular flexibility index (Phi) is 5.04. The van der Waals surface area contributed by atoms with Crippen LogP contribution in [0.1, 0.15) is 34.3 Å². The molecule has 0 aliphatic heterocycles. The van der Waals surface area contributed by atoms with E-state index in [0.717, 1.165) is 5.56 Å². The number of carboxylic acid groups (broad SMARTS) is 1. The number of hydrogen-bond acceptors (Lipinski definition) is 2. The van der Waals surface area contributed by atoms with Gasteiger partial charge in [0.05, 0.1) is 0 Å². The minimum Gasteiger partial charge on any atom is -0.481 e. The van der Waals surface area contributed by atoms with E-state index in [-0.39, 0.29) is 12.2 Å². The summed E-state index contributed by atoms with van der Waals surface area (Å²) < 4.78 is 0. The summed E-state index contributed by atoms with van der Waals surface area (Å²) in [5, 5.41) is 8.55. The normalized spacial score (nSPS) is 10.7. The number of ketones is 1. The summed E-state index contributed by atoms with van der Waals surface area (Å²) in [4.78, 5) is 22.6. The van der Waals surface area contributed by atoms with Crippen molar-refractivity contribution in [1.29, 1.82) is 0 Å². The minimum atomic E-state index is -0.802. The fourth-order valence-electron chi connectivity index (χ4n) is 1.93. The van der Waals surface area contributed by atoms with Crippen LogP contribution in [-0.2, 0) is 4.79 Å². The molecule has 0 aromatic heterocycles. The second-order valence-corrected chi connectivity index (χ2v) is 4.65. The molecule has 0 saturated carbocycles. The standard InChI is InChI=1S/C18H16O3/c19-17(20)9-5-4-6-14-10-12-16(13-11-14)18(21)15-7-2-1-3-8-15/h1-4,6-8,10-13H,5,9H2,(H,19,20)/b6-4+. The third-order valence-corrected chi connectivity index (χ3v) is 3.04. The summed E-state index contributed by atoms with van der Waals surface area (Å²) in [6.45, 7) is 0. The maximum Gasteiger partial charge on any atom is 0.303 e. The van der Waals surface area contributed by atoms with Crippen LogP contribution in [-0.4, -0.2) is 16.9 Å². The highest BCUT2D eigenvalue weighted by atomic mass is 16.4. The molecule has 0 fully saturated rings. The zero-order chi connectivity index (χ0) is 15.1. The first-order valence-electron chi connectivity index (χ1n) is 6.75. The molecular weight excluding hydrogens is 264 g/mol. The average molecular weight is 280 g/mol. The van der Waals surface area contributed by atoms with E-state index in [0.29, 0.717) is 17.5 Å². The van der Waals surface area contributed by atoms with Crippen LogP contribution in [0.4, 0.5) is 0 Å². The van der Waals surface area contributed by atoms with Gasteiger partial charge < -0.3 is 5.11 Å². The number of hydrogen-bond donors (Lipinski definition) is 1. The molecule has 0 amide bonds. The number of carboxylic acids is 1. The van der Waals surface area contributed by atoms with E-state index in [1.54, 1.807) is 24.3 Å². The molecule has 0 spiro atoms. The van der Waals surface area contributed by atoms with Gasteiger partial charge in [-0.25, -0.2) is 0 Å². The van der Waals surface area contributed by atoms with Gasteiger partial charge in [-0.1, -0.05) is 66.7 Å². The van der Waals surface area contributed by atoms with E-state index in [1.165, 1.54) is 0 Å². The molecule has 0 unspecified atom stereocenters. The van der Waals surface area contributed by atoms with Crippen LogP contribution in [0.5, 0.6) is 0 Å². The number of allylic oxidation sites excluding steroid dienone is 1. The zero-order valence-corrected chi connectivity index (χ0v) is 11.5. The van der Waals surface area contributed by atoms with Gasteiger partial charge in [0.15, 0.2) is 5.78 Å². The van der Waals surface area contributed by atoms with Gasteiger partial charge in [0.25, 0.3) is 0 Å². The molecule has 2 aromatic rings. The van der Waals surface area contributed by atoms with E-state index in [1.807, 2.05) is 42.5 Å². The molecule has 0 aliphatic rings. The van der Waals surface area contributed by atoms with E-state index in [2.05, 4.69) is 0 Å². The number of benzene rings is 2. The van der Waals surface area contributed by atoms with Crippen LogP contribution in [0.15, 0.2) is 60.7 Å². The molecule has 21 heavy (non-hydrogen) atoms. The lowest BCUT2D eigenvalue weighted by Gasteiger charge is -2.01. The highest BCUT2D eigenvalue weighted by Gasteiger charge is 2.07. The highest BCUT2D eigenvalue weighted by Crippen LogP contribution is 2.12. The van der Waals surface area contributed by atoms with Crippen molar-refractivity contribution in [1.82, 2.24) is 0 Å². The maximum absolute atomic E-state index is 12.2. The second-order valence-electron chi connectivity index (χ2n) is 4.65. The summed E-state index contributed by atoms with van der Waals surface area (Å²) in [6, 6.07) is 16.4. The monoisotopic (exact) mass is 280 g/mol. The number of carbonyl (C=O) groups is 2. The van der Waals surface area contributed by atoms with Crippen molar-refractivity contribution >= 4 is 17.8 Å². The maximum atomic E-state index is 12.2. The Morgan fingerprint density at radius 1 is 0.905 bits per heavy atom. The summed E-state index contributed by atoms with van der Waals surface area (Å²) in [7, 11) is 0. The molecule has 0 radical (unpaired) electrons. The van der Waals surface area contributed by atoms with Crippen molar-refractivity contribution in [2.45, 2.75) is 12.8 Å². The van der Waals surface area contributed by atoms with E-state index in [9.17, 15) is 9.59 Å². The summed E-state index contributed by atoms with van der Waals surface area (Å²) >= 11 is 0. The predicted octanol–water partition coefficient (Wildman–Crippen LogP) is 3.80. The fraction of sp³-hybridized carbons (Fsp3) is 0.111. The fourth-order valence-corrected chi connectivity index (χ4v) is 1.93. The Morgan fingerprint density at radius 3 is 2.14 bits per heavy atom. The molecular formula is C18H16O3. The van der Waals surface area contributed by atoms with Crippen molar-refractivity contribution in [2.75, 3.05) is 0 Å². The lowest BCUT2D eigenvalue weighted by Crippen LogP contribution is -2.00. The lowest BCUT2D eigenvalue weighted by atomic mass is 10.0. The van der Waals surface area contributed by atoms with Gasteiger partial charge in [0.1, 0.15) is 0 Å². The molecule has 0 heterocycles. The van der Waals surface area contributed by atoms with Crippen LogP contribution in [0.2, 0.25) is 0 Å². The van der Waals surface area contributed by atoms with Crippen molar-refractivity contribution < 1.29 is 14.7 Å². The quantitative estimate of drug-likeness (QED) is 0.819. The van der Waals surface area contributed by atoms with Gasteiger partial charge in [0.2, 0.25) is 0 Å². The number of carbonyl (C=O) groups excluding carboxylic acids is 1. The smallest absolute Gasteiger partial charge is 0.303 e. The van der Waals surface area contributed by atoms with Gasteiger partial charge in [-0.15, -0.1) is 0 Å². The van der Waals surface area contributed by atoms with Gasteiger partial charge in [-0.05, 0) is 12.0 Å². The molecule has 3 heteroatoms. The molecule has 0 atom stereocenters. The lowest BCUT2D eigenvalue weighted by molar-refractivity contribution is -0.136. The first-order chi connectivity index (χ1) is 10.2. The van der Waals surface area contributed by atoms with Gasteiger partial charge >= 0.3 is 5.97 Å². The van der Waals surface area contributed by atoms with Crippen LogP contribution in [0, 0.1) is 0 Å². The van der Waals surface area contributed by atoms with E-state index < -0.39 is 5.97 Å². The Hall–Kier alpha value is -2.68. The Bertz CT molecular complexity index is 640. The van der Waals surface area contributed by atoms with Crippen LogP contribution in [0.3, 0.4) is 0 Å². The first kappa shape index (κ1) is 14.7. The van der Waals surface area contributed by atoms with Crippen LogP contribution in [0.25, 0.3) is 6.08 Å². The molecule has 0 bridgehead atoms. The molecule has 2 aromatic carbocycles. The molecule has 0 aliphatic carbocycles. The number of aliphatic carboxylic acids is 1. The third-order valence-electron chi connectivity index (χ3n) is 3.04. The average Bonchev–Trinajstić information content (AvgIpc) is 2.52. The van der Waals surface area contributed by atoms with E-state index in [4.69, 9.17) is 5.11 Å². The Labute approximate surface area is 123 Å². The Balaban J connectivity index is 2.02. The van der Waals surface area contributed by atoms with Gasteiger partial charge in [-0.3, -0.25) is 9.59 Å². The van der Waals surface area contributed by atoms with Gasteiger partial charge in [0, 0.05) is 17.5 Å². The zero-order valence-electron chi connectivity index (χ0n) is 11.5. The van der Waals surface area contributed by atoms with E-state index >= 15 is 0 Å². The Morgan fingerprint density at radius 2 is 1.52 bits per heavy atom. The van der Waals surface area contributed by atoms with Crippen molar-refractivity contribution in [2.24, 2.45) is 0 Å². The molecule has 2 rings (SSSR count). The molecule has 1 N–H and O–H groups in total. The molecule has 106 valence electrons. The molecule has 0 saturated heterocycles. The van der Waals surface area contributed by atoms with Crippen molar-refractivity contribution in [3.63, 3.8) is 0 Å². The first-order valence-corrected chi connectivity index (χ1v) is 6.75. The number of rotatable bonds is 6. The minimum absolute atomic E-state index is 0.00277. The highest BCUT2D eigenvalue weighted by molar-refractivity contribution is 6.09. The second kappa shape index (κ2) is 7.20. The summed E-state index contributed by atoms with van der Waals surface area (Å²) in [6.07, 6.45) is 4.31. The predicted molar refractivity (Wildman–Crippen MR) is 82.2 cm³/mol. The van der Waals surface area contributed by atoms with Crippen molar-refractivity contribution in [3.05, 3.63) is 77.4 Å². The largest absolute Gasteiger partial charge is 0.481 e. The van der Waals surface area contributed by atoms with Crippen LogP contribution < -0.4 is 0 Å². The topological polar surface area (TPSA) is 54.4 Å². The molecule has 3 nitrogen and oxygen atoms in total. The van der Waals surface area contributed by atoms with Gasteiger partial charge in [-0.2, -0.15) is 0 Å². The van der Waals surface area contributed by atoms with Crippen molar-refractivity contribution in [3.8, 4) is 0 Å². The summed E-state index contributed by atoms with van der Waals surface area (Å²) in [5.41, 5.74) is 2.26.